The summed E-state index contributed by atoms with van der Waals surface area (Å²) in [4.78, 5) is 18.1. The first kappa shape index (κ1) is 15.9. The summed E-state index contributed by atoms with van der Waals surface area (Å²) in [5.41, 5.74) is 0.928. The number of carbonyl (C=O) groups is 1. The number of hydrogen-bond donors (Lipinski definition) is 0. The summed E-state index contributed by atoms with van der Waals surface area (Å²) in [6, 6.07) is 5.28. The molecular weight excluding hydrogens is 282 g/mol. The van der Waals surface area contributed by atoms with E-state index in [-0.39, 0.29) is 11.9 Å². The van der Waals surface area contributed by atoms with Crippen LogP contribution in [0.15, 0.2) is 36.9 Å². The van der Waals surface area contributed by atoms with Gasteiger partial charge in [-0.1, -0.05) is 0 Å². The molecule has 1 amide bonds. The Morgan fingerprint density at radius 1 is 1.36 bits per heavy atom. The third kappa shape index (κ3) is 3.39. The van der Waals surface area contributed by atoms with Gasteiger partial charge in [0.15, 0.2) is 0 Å². The van der Waals surface area contributed by atoms with Crippen LogP contribution >= 0.6 is 0 Å². The molecule has 0 saturated carbocycles. The summed E-state index contributed by atoms with van der Waals surface area (Å²) >= 11 is 0. The summed E-state index contributed by atoms with van der Waals surface area (Å²) in [7, 11) is 4.99. The van der Waals surface area contributed by atoms with Crippen molar-refractivity contribution in [2.75, 3.05) is 21.3 Å². The number of imidazole rings is 1. The van der Waals surface area contributed by atoms with Crippen molar-refractivity contribution in [2.45, 2.75) is 19.5 Å². The van der Waals surface area contributed by atoms with Crippen LogP contribution in [0.1, 0.15) is 18.5 Å². The maximum atomic E-state index is 12.5. The van der Waals surface area contributed by atoms with Gasteiger partial charge in [-0.25, -0.2) is 4.98 Å². The molecule has 1 atom stereocenters. The summed E-state index contributed by atoms with van der Waals surface area (Å²) in [5.74, 6) is 1.44. The Bertz CT molecular complexity index is 626. The predicted molar refractivity (Wildman–Crippen MR) is 83.0 cm³/mol. The van der Waals surface area contributed by atoms with E-state index in [1.54, 1.807) is 49.5 Å². The summed E-state index contributed by atoms with van der Waals surface area (Å²) in [6.07, 6.45) is 5.09. The molecule has 1 heterocycles. The average molecular weight is 303 g/mol. The lowest BCUT2D eigenvalue weighted by Gasteiger charge is -2.23. The molecule has 0 N–H and O–H groups in total. The van der Waals surface area contributed by atoms with Crippen LogP contribution in [0.4, 0.5) is 0 Å². The van der Waals surface area contributed by atoms with Crippen molar-refractivity contribution >= 4 is 5.91 Å². The first-order valence-electron chi connectivity index (χ1n) is 7.00. The summed E-state index contributed by atoms with van der Waals surface area (Å²) in [5, 5.41) is 0. The molecule has 0 aliphatic heterocycles. The Morgan fingerprint density at radius 2 is 2.14 bits per heavy atom. The first-order valence-corrected chi connectivity index (χ1v) is 7.00. The Morgan fingerprint density at radius 3 is 2.73 bits per heavy atom. The van der Waals surface area contributed by atoms with Crippen LogP contribution in [-0.4, -0.2) is 41.6 Å². The van der Waals surface area contributed by atoms with E-state index in [4.69, 9.17) is 9.47 Å². The van der Waals surface area contributed by atoms with Crippen LogP contribution in [0.2, 0.25) is 0 Å². The fourth-order valence-corrected chi connectivity index (χ4v) is 2.26. The summed E-state index contributed by atoms with van der Waals surface area (Å²) in [6.45, 7) is 2.32. The Hall–Kier alpha value is -2.50. The molecule has 0 fully saturated rings. The lowest BCUT2D eigenvalue weighted by molar-refractivity contribution is -0.133. The molecule has 6 heteroatoms. The monoisotopic (exact) mass is 303 g/mol. The number of rotatable bonds is 6. The molecule has 118 valence electrons. The normalized spacial score (nSPS) is 11.8. The van der Waals surface area contributed by atoms with Gasteiger partial charge in [-0.05, 0) is 19.1 Å². The molecule has 0 aliphatic carbocycles. The predicted octanol–water partition coefficient (Wildman–Crippen LogP) is 2.12. The van der Waals surface area contributed by atoms with Gasteiger partial charge >= 0.3 is 0 Å². The molecule has 0 radical (unpaired) electrons. The molecule has 2 rings (SSSR count). The van der Waals surface area contributed by atoms with Gasteiger partial charge in [0, 0.05) is 37.6 Å². The van der Waals surface area contributed by atoms with Crippen LogP contribution in [0, 0.1) is 0 Å². The van der Waals surface area contributed by atoms with Crippen LogP contribution in [-0.2, 0) is 11.3 Å². The molecule has 22 heavy (non-hydrogen) atoms. The standard InChI is InChI=1S/C16H21N3O3/c1-12(19-8-7-17-11-19)16(20)18(2)10-13-5-6-14(21-3)9-15(13)22-4/h5-9,11-12H,10H2,1-4H3. The maximum Gasteiger partial charge on any atom is 0.245 e. The highest BCUT2D eigenvalue weighted by atomic mass is 16.5. The number of likely N-dealkylation sites (N-methyl/N-ethyl adjacent to an activating group) is 1. The number of methoxy groups -OCH3 is 2. The largest absolute Gasteiger partial charge is 0.497 e. The molecule has 0 spiro atoms. The van der Waals surface area contributed by atoms with E-state index in [0.717, 1.165) is 11.3 Å². The van der Waals surface area contributed by atoms with Crippen LogP contribution in [0.5, 0.6) is 11.5 Å². The highest BCUT2D eigenvalue weighted by Gasteiger charge is 2.20. The third-order valence-corrected chi connectivity index (χ3v) is 3.61. The fourth-order valence-electron chi connectivity index (χ4n) is 2.26. The lowest BCUT2D eigenvalue weighted by Crippen LogP contribution is -2.32. The second kappa shape index (κ2) is 6.98. The van der Waals surface area contributed by atoms with Crippen molar-refractivity contribution in [3.8, 4) is 11.5 Å². The van der Waals surface area contributed by atoms with Crippen molar-refractivity contribution in [3.05, 3.63) is 42.5 Å². The van der Waals surface area contributed by atoms with E-state index in [0.29, 0.717) is 12.3 Å². The SMILES string of the molecule is COc1ccc(CN(C)C(=O)C(C)n2ccnc2)c(OC)c1. The van der Waals surface area contributed by atoms with Crippen molar-refractivity contribution in [1.29, 1.82) is 0 Å². The van der Waals surface area contributed by atoms with E-state index in [1.165, 1.54) is 0 Å². The van der Waals surface area contributed by atoms with Gasteiger partial charge in [0.1, 0.15) is 17.5 Å². The van der Waals surface area contributed by atoms with Gasteiger partial charge in [0.25, 0.3) is 0 Å². The van der Waals surface area contributed by atoms with E-state index < -0.39 is 0 Å². The minimum absolute atomic E-state index is 0.0101. The van der Waals surface area contributed by atoms with Gasteiger partial charge in [-0.3, -0.25) is 4.79 Å². The molecular formula is C16H21N3O3. The van der Waals surface area contributed by atoms with Gasteiger partial charge < -0.3 is 18.9 Å². The third-order valence-electron chi connectivity index (χ3n) is 3.61. The Kier molecular flexibility index (Phi) is 5.04. The Labute approximate surface area is 130 Å². The average Bonchev–Trinajstić information content (AvgIpc) is 3.08. The maximum absolute atomic E-state index is 12.5. The summed E-state index contributed by atoms with van der Waals surface area (Å²) < 4.78 is 12.3. The number of hydrogen-bond acceptors (Lipinski definition) is 4. The van der Waals surface area contributed by atoms with E-state index >= 15 is 0 Å². The van der Waals surface area contributed by atoms with Gasteiger partial charge in [-0.15, -0.1) is 0 Å². The zero-order valence-electron chi connectivity index (χ0n) is 13.3. The number of nitrogens with zero attached hydrogens (tertiary/aromatic N) is 3. The van der Waals surface area contributed by atoms with Gasteiger partial charge in [-0.2, -0.15) is 0 Å². The number of aromatic nitrogens is 2. The van der Waals surface area contributed by atoms with Gasteiger partial charge in [0.05, 0.1) is 20.5 Å². The number of benzene rings is 1. The first-order chi connectivity index (χ1) is 10.6. The van der Waals surface area contributed by atoms with E-state index in [2.05, 4.69) is 4.98 Å². The smallest absolute Gasteiger partial charge is 0.245 e. The zero-order valence-corrected chi connectivity index (χ0v) is 13.3. The molecule has 0 aliphatic rings. The molecule has 1 unspecified atom stereocenters. The molecule has 0 bridgehead atoms. The molecule has 2 aromatic rings. The van der Waals surface area contributed by atoms with Crippen LogP contribution in [0.25, 0.3) is 0 Å². The second-order valence-corrected chi connectivity index (χ2v) is 5.06. The van der Waals surface area contributed by atoms with Crippen LogP contribution < -0.4 is 9.47 Å². The van der Waals surface area contributed by atoms with Crippen LogP contribution in [0.3, 0.4) is 0 Å². The topological polar surface area (TPSA) is 56.6 Å². The Balaban J connectivity index is 2.11. The molecule has 1 aromatic heterocycles. The van der Waals surface area contributed by atoms with Crippen molar-refractivity contribution < 1.29 is 14.3 Å². The molecule has 1 aromatic carbocycles. The van der Waals surface area contributed by atoms with E-state index in [1.807, 2.05) is 25.1 Å². The second-order valence-electron chi connectivity index (χ2n) is 5.06. The van der Waals surface area contributed by atoms with Crippen molar-refractivity contribution in [3.63, 3.8) is 0 Å². The number of amides is 1. The number of carbonyl (C=O) groups excluding carboxylic acids is 1. The van der Waals surface area contributed by atoms with Gasteiger partial charge in [0.2, 0.25) is 5.91 Å². The highest BCUT2D eigenvalue weighted by molar-refractivity contribution is 5.79. The number of ether oxygens (including phenoxy) is 2. The lowest BCUT2D eigenvalue weighted by atomic mass is 10.1. The highest BCUT2D eigenvalue weighted by Crippen LogP contribution is 2.26. The molecule has 0 saturated heterocycles. The van der Waals surface area contributed by atoms with Crippen molar-refractivity contribution in [2.24, 2.45) is 0 Å². The van der Waals surface area contributed by atoms with Crippen molar-refractivity contribution in [1.82, 2.24) is 14.5 Å². The minimum Gasteiger partial charge on any atom is -0.497 e. The fraction of sp³-hybridized carbons (Fsp3) is 0.375. The quantitative estimate of drug-likeness (QED) is 0.820. The minimum atomic E-state index is -0.295. The molecule has 6 nitrogen and oxygen atoms in total. The zero-order chi connectivity index (χ0) is 16.1. The van der Waals surface area contributed by atoms with E-state index in [9.17, 15) is 4.79 Å².